The zero-order valence-electron chi connectivity index (χ0n) is 11.6. The lowest BCUT2D eigenvalue weighted by Crippen LogP contribution is -2.35. The van der Waals surface area contributed by atoms with Crippen LogP contribution < -0.4 is 5.73 Å². The second-order valence-electron chi connectivity index (χ2n) is 4.22. The van der Waals surface area contributed by atoms with Crippen molar-refractivity contribution < 1.29 is 14.5 Å². The Hall–Kier alpha value is -2.66. The Morgan fingerprint density at radius 1 is 1.52 bits per heavy atom. The molecule has 0 aliphatic heterocycles. The summed E-state index contributed by atoms with van der Waals surface area (Å²) < 4.78 is 4.91. The monoisotopic (exact) mass is 292 g/mol. The molecule has 0 fully saturated rings. The Kier molecular flexibility index (Phi) is 6.10. The van der Waals surface area contributed by atoms with E-state index in [1.807, 2.05) is 6.07 Å². The first kappa shape index (κ1) is 16.4. The van der Waals surface area contributed by atoms with Crippen molar-refractivity contribution in [3.63, 3.8) is 0 Å². The minimum absolute atomic E-state index is 0.0539. The number of nitro benzene ring substituents is 1. The van der Waals surface area contributed by atoms with Gasteiger partial charge in [-0.3, -0.25) is 14.9 Å². The van der Waals surface area contributed by atoms with Gasteiger partial charge in [-0.1, -0.05) is 0 Å². The summed E-state index contributed by atoms with van der Waals surface area (Å²) in [5.74, 6) is -0.455. The van der Waals surface area contributed by atoms with Gasteiger partial charge >= 0.3 is 0 Å². The minimum atomic E-state index is -0.592. The van der Waals surface area contributed by atoms with Crippen LogP contribution in [0.15, 0.2) is 18.2 Å². The highest BCUT2D eigenvalue weighted by atomic mass is 16.6. The molecule has 8 nitrogen and oxygen atoms in total. The van der Waals surface area contributed by atoms with Crippen LogP contribution >= 0.6 is 0 Å². The first-order valence-corrected chi connectivity index (χ1v) is 6.20. The van der Waals surface area contributed by atoms with Crippen LogP contribution in [0, 0.1) is 21.4 Å². The number of hydrogen-bond donors (Lipinski definition) is 1. The van der Waals surface area contributed by atoms with E-state index in [1.165, 1.54) is 24.1 Å². The number of nitro groups is 1. The molecular weight excluding hydrogens is 276 g/mol. The fourth-order valence-corrected chi connectivity index (χ4v) is 1.71. The lowest BCUT2D eigenvalue weighted by Gasteiger charge is -2.21. The lowest BCUT2D eigenvalue weighted by atomic mass is 10.1. The first-order chi connectivity index (χ1) is 10.0. The topological polar surface area (TPSA) is 122 Å². The van der Waals surface area contributed by atoms with E-state index in [-0.39, 0.29) is 36.4 Å². The summed E-state index contributed by atoms with van der Waals surface area (Å²) in [6.07, 6.45) is 0.157. The van der Waals surface area contributed by atoms with E-state index in [2.05, 4.69) is 0 Å². The number of rotatable bonds is 7. The zero-order valence-corrected chi connectivity index (χ0v) is 11.6. The summed E-state index contributed by atoms with van der Waals surface area (Å²) in [4.78, 5) is 24.0. The number of hydrogen-bond acceptors (Lipinski definition) is 6. The van der Waals surface area contributed by atoms with E-state index in [0.717, 1.165) is 6.07 Å². The summed E-state index contributed by atoms with van der Waals surface area (Å²) in [7, 11) is 1.49. The average molecular weight is 292 g/mol. The number of nitrogens with two attached hydrogens (primary N) is 1. The molecular formula is C13H16N4O4. The second kappa shape index (κ2) is 7.81. The Bertz CT molecular complexity index is 568. The summed E-state index contributed by atoms with van der Waals surface area (Å²) >= 11 is 0. The maximum atomic E-state index is 12.4. The van der Waals surface area contributed by atoms with Crippen molar-refractivity contribution in [3.8, 4) is 6.07 Å². The van der Waals surface area contributed by atoms with Gasteiger partial charge in [0.2, 0.25) is 0 Å². The number of nitrogen functional groups attached to an aromatic ring is 1. The van der Waals surface area contributed by atoms with Gasteiger partial charge in [0.15, 0.2) is 0 Å². The van der Waals surface area contributed by atoms with Crippen LogP contribution in [0.4, 0.5) is 11.4 Å². The molecule has 0 atom stereocenters. The molecule has 2 N–H and O–H groups in total. The van der Waals surface area contributed by atoms with E-state index < -0.39 is 10.8 Å². The molecule has 0 bridgehead atoms. The molecule has 0 spiro atoms. The van der Waals surface area contributed by atoms with Crippen LogP contribution in [0.2, 0.25) is 0 Å². The van der Waals surface area contributed by atoms with Gasteiger partial charge in [-0.05, 0) is 6.07 Å². The van der Waals surface area contributed by atoms with Crippen molar-refractivity contribution >= 4 is 17.3 Å². The third-order valence-corrected chi connectivity index (χ3v) is 2.82. The quantitative estimate of drug-likeness (QED) is 0.457. The van der Waals surface area contributed by atoms with E-state index in [0.29, 0.717) is 6.61 Å². The van der Waals surface area contributed by atoms with Crippen molar-refractivity contribution in [2.24, 2.45) is 0 Å². The van der Waals surface area contributed by atoms with Gasteiger partial charge < -0.3 is 15.4 Å². The van der Waals surface area contributed by atoms with Gasteiger partial charge in [-0.25, -0.2) is 0 Å². The van der Waals surface area contributed by atoms with Crippen LogP contribution in [0.25, 0.3) is 0 Å². The first-order valence-electron chi connectivity index (χ1n) is 6.20. The van der Waals surface area contributed by atoms with Crippen molar-refractivity contribution in [3.05, 3.63) is 33.9 Å². The maximum absolute atomic E-state index is 12.4. The molecule has 0 unspecified atom stereocenters. The number of amides is 1. The second-order valence-corrected chi connectivity index (χ2v) is 4.22. The molecule has 21 heavy (non-hydrogen) atoms. The van der Waals surface area contributed by atoms with Crippen molar-refractivity contribution in [1.29, 1.82) is 5.26 Å². The molecule has 1 amide bonds. The molecule has 0 heterocycles. The van der Waals surface area contributed by atoms with Gasteiger partial charge in [0, 0.05) is 38.0 Å². The predicted molar refractivity (Wildman–Crippen MR) is 75.5 cm³/mol. The summed E-state index contributed by atoms with van der Waals surface area (Å²) in [6.45, 7) is 0.784. The molecule has 1 aromatic carbocycles. The van der Waals surface area contributed by atoms with E-state index in [4.69, 9.17) is 15.7 Å². The van der Waals surface area contributed by atoms with Crippen LogP contribution in [0.1, 0.15) is 16.8 Å². The van der Waals surface area contributed by atoms with E-state index >= 15 is 0 Å². The van der Waals surface area contributed by atoms with Gasteiger partial charge in [-0.15, -0.1) is 0 Å². The summed E-state index contributed by atoms with van der Waals surface area (Å²) in [6, 6.07) is 5.65. The molecule has 8 heteroatoms. The highest BCUT2D eigenvalue weighted by Gasteiger charge is 2.20. The largest absolute Gasteiger partial charge is 0.398 e. The standard InChI is InChI=1S/C13H16N4O4/c1-21-8-7-16(6-2-5-14)13(18)11-9-10(17(19)20)3-4-12(11)15/h3-4,9H,2,6-8,15H2,1H3. The van der Waals surface area contributed by atoms with Gasteiger partial charge in [0.1, 0.15) is 0 Å². The number of anilines is 1. The highest BCUT2D eigenvalue weighted by Crippen LogP contribution is 2.21. The molecule has 0 aliphatic rings. The van der Waals surface area contributed by atoms with Crippen LogP contribution in [0.5, 0.6) is 0 Å². The molecule has 0 saturated heterocycles. The Labute approximate surface area is 121 Å². The van der Waals surface area contributed by atoms with Crippen LogP contribution in [-0.2, 0) is 4.74 Å². The van der Waals surface area contributed by atoms with Gasteiger partial charge in [0.25, 0.3) is 11.6 Å². The predicted octanol–water partition coefficient (Wildman–Crippen LogP) is 1.18. The molecule has 0 aromatic heterocycles. The number of methoxy groups -OCH3 is 1. The molecule has 0 radical (unpaired) electrons. The van der Waals surface area contributed by atoms with Crippen molar-refractivity contribution in [2.75, 3.05) is 32.5 Å². The van der Waals surface area contributed by atoms with Gasteiger partial charge in [0.05, 0.1) is 29.6 Å². The number of benzene rings is 1. The molecule has 1 rings (SSSR count). The maximum Gasteiger partial charge on any atom is 0.270 e. The Balaban J connectivity index is 3.04. The fraction of sp³-hybridized carbons (Fsp3) is 0.385. The highest BCUT2D eigenvalue weighted by molar-refractivity contribution is 5.99. The molecule has 1 aromatic rings. The lowest BCUT2D eigenvalue weighted by molar-refractivity contribution is -0.384. The van der Waals surface area contributed by atoms with E-state index in [1.54, 1.807) is 0 Å². The third-order valence-electron chi connectivity index (χ3n) is 2.82. The van der Waals surface area contributed by atoms with Gasteiger partial charge in [-0.2, -0.15) is 5.26 Å². The number of carbonyl (C=O) groups excluding carboxylic acids is 1. The number of nitrogens with zero attached hydrogens (tertiary/aromatic N) is 3. The average Bonchev–Trinajstić information content (AvgIpc) is 2.47. The fourth-order valence-electron chi connectivity index (χ4n) is 1.71. The summed E-state index contributed by atoms with van der Waals surface area (Å²) in [5.41, 5.74) is 5.72. The zero-order chi connectivity index (χ0) is 15.8. The smallest absolute Gasteiger partial charge is 0.270 e. The number of carbonyl (C=O) groups is 1. The van der Waals surface area contributed by atoms with Crippen molar-refractivity contribution in [1.82, 2.24) is 4.90 Å². The SMILES string of the molecule is COCCN(CCC#N)C(=O)c1cc([N+](=O)[O-])ccc1N. The Morgan fingerprint density at radius 2 is 2.24 bits per heavy atom. The molecule has 0 saturated carbocycles. The summed E-state index contributed by atoms with van der Waals surface area (Å²) in [5, 5.41) is 19.4. The van der Waals surface area contributed by atoms with E-state index in [9.17, 15) is 14.9 Å². The number of ether oxygens (including phenoxy) is 1. The van der Waals surface area contributed by atoms with Crippen LogP contribution in [-0.4, -0.2) is 42.5 Å². The Morgan fingerprint density at radius 3 is 2.81 bits per heavy atom. The number of nitriles is 1. The number of non-ortho nitro benzene ring substituents is 1. The third kappa shape index (κ3) is 4.43. The molecule has 0 aliphatic carbocycles. The van der Waals surface area contributed by atoms with Crippen LogP contribution in [0.3, 0.4) is 0 Å². The minimum Gasteiger partial charge on any atom is -0.398 e. The normalized spacial score (nSPS) is 9.90. The molecule has 112 valence electrons. The van der Waals surface area contributed by atoms with Crippen molar-refractivity contribution in [2.45, 2.75) is 6.42 Å².